The van der Waals surface area contributed by atoms with Crippen molar-refractivity contribution in [1.29, 1.82) is 0 Å². The van der Waals surface area contributed by atoms with Gasteiger partial charge in [0.1, 0.15) is 29.7 Å². The van der Waals surface area contributed by atoms with Gasteiger partial charge < -0.3 is 24.5 Å². The molecule has 2 aromatic carbocycles. The number of benzene rings is 2. The molecule has 7 heteroatoms. The molecule has 3 aromatic rings. The number of allylic oxidation sites excluding steroid dienone is 1. The molecular weight excluding hydrogens is 372 g/mol. The van der Waals surface area contributed by atoms with Gasteiger partial charge in [0.2, 0.25) is 0 Å². The van der Waals surface area contributed by atoms with Gasteiger partial charge in [0.05, 0.1) is 12.7 Å². The average molecular weight is 392 g/mol. The van der Waals surface area contributed by atoms with Crippen molar-refractivity contribution < 1.29 is 23.5 Å². The molecule has 2 N–H and O–H groups in total. The Labute approximate surface area is 167 Å². The maximum Gasteiger partial charge on any atom is 0.338 e. The summed E-state index contributed by atoms with van der Waals surface area (Å²) < 4.78 is 16.5. The third-order valence-electron chi connectivity index (χ3n) is 4.75. The van der Waals surface area contributed by atoms with Crippen LogP contribution < -0.4 is 15.4 Å². The lowest BCUT2D eigenvalue weighted by Crippen LogP contribution is -2.45. The number of fused-ring (bicyclic) bond motifs is 1. The number of amides is 2. The van der Waals surface area contributed by atoms with E-state index in [-0.39, 0.29) is 6.61 Å². The van der Waals surface area contributed by atoms with Gasteiger partial charge in [-0.1, -0.05) is 30.3 Å². The minimum Gasteiger partial charge on any atom is -0.497 e. The lowest BCUT2D eigenvalue weighted by molar-refractivity contribution is -0.140. The summed E-state index contributed by atoms with van der Waals surface area (Å²) in [6, 6.07) is 15.4. The Morgan fingerprint density at radius 1 is 1.14 bits per heavy atom. The van der Waals surface area contributed by atoms with Crippen LogP contribution in [0.1, 0.15) is 24.3 Å². The van der Waals surface area contributed by atoms with Gasteiger partial charge in [-0.15, -0.1) is 0 Å². The molecule has 1 atom stereocenters. The van der Waals surface area contributed by atoms with E-state index in [1.165, 1.54) is 0 Å². The Hall–Kier alpha value is -3.74. The van der Waals surface area contributed by atoms with E-state index < -0.39 is 18.0 Å². The highest BCUT2D eigenvalue weighted by molar-refractivity contribution is 5.95. The fraction of sp³-hybridized carbons (Fsp3) is 0.182. The van der Waals surface area contributed by atoms with E-state index in [0.717, 1.165) is 16.7 Å². The highest BCUT2D eigenvalue weighted by atomic mass is 16.5. The molecule has 1 unspecified atom stereocenters. The predicted molar refractivity (Wildman–Crippen MR) is 106 cm³/mol. The van der Waals surface area contributed by atoms with Crippen LogP contribution in [0.15, 0.2) is 70.3 Å². The first-order chi connectivity index (χ1) is 14.0. The van der Waals surface area contributed by atoms with Crippen LogP contribution in [0.5, 0.6) is 5.75 Å². The van der Waals surface area contributed by atoms with Crippen molar-refractivity contribution in [2.75, 3.05) is 7.11 Å². The van der Waals surface area contributed by atoms with Crippen molar-refractivity contribution in [3.05, 3.63) is 77.2 Å². The lowest BCUT2D eigenvalue weighted by atomic mass is 10.0. The first-order valence-electron chi connectivity index (χ1n) is 9.12. The molecule has 2 heterocycles. The fourth-order valence-electron chi connectivity index (χ4n) is 3.27. The molecular formula is C22H20N2O5. The number of carbonyl (C=O) groups is 2. The van der Waals surface area contributed by atoms with Gasteiger partial charge in [-0.2, -0.15) is 0 Å². The van der Waals surface area contributed by atoms with E-state index in [0.29, 0.717) is 22.6 Å². The molecule has 0 bridgehead atoms. The third-order valence-corrected chi connectivity index (χ3v) is 4.75. The van der Waals surface area contributed by atoms with Gasteiger partial charge in [-0.25, -0.2) is 9.59 Å². The largest absolute Gasteiger partial charge is 0.497 e. The summed E-state index contributed by atoms with van der Waals surface area (Å²) in [6.07, 6.45) is 0. The summed E-state index contributed by atoms with van der Waals surface area (Å²) in [7, 11) is 1.59. The zero-order valence-electron chi connectivity index (χ0n) is 16.0. The van der Waals surface area contributed by atoms with Crippen molar-refractivity contribution in [1.82, 2.24) is 10.6 Å². The molecule has 1 aliphatic rings. The van der Waals surface area contributed by atoms with Crippen LogP contribution in [0.25, 0.3) is 11.0 Å². The predicted octanol–water partition coefficient (Wildman–Crippen LogP) is 3.81. The van der Waals surface area contributed by atoms with Gasteiger partial charge in [-0.3, -0.25) is 0 Å². The Kier molecular flexibility index (Phi) is 4.95. The van der Waals surface area contributed by atoms with Gasteiger partial charge in [-0.05, 0) is 36.8 Å². The smallest absolute Gasteiger partial charge is 0.338 e. The van der Waals surface area contributed by atoms with Crippen molar-refractivity contribution in [3.63, 3.8) is 0 Å². The van der Waals surface area contributed by atoms with Gasteiger partial charge >= 0.3 is 12.0 Å². The third kappa shape index (κ3) is 3.80. The molecule has 0 radical (unpaired) electrons. The van der Waals surface area contributed by atoms with E-state index in [9.17, 15) is 9.59 Å². The summed E-state index contributed by atoms with van der Waals surface area (Å²) in [5, 5.41) is 6.26. The molecule has 1 aromatic heterocycles. The highest BCUT2D eigenvalue weighted by Crippen LogP contribution is 2.32. The number of urea groups is 1. The highest BCUT2D eigenvalue weighted by Gasteiger charge is 2.34. The summed E-state index contributed by atoms with van der Waals surface area (Å²) in [5.74, 6) is 0.663. The summed E-state index contributed by atoms with van der Waals surface area (Å²) in [4.78, 5) is 24.9. The second kappa shape index (κ2) is 7.71. The number of hydrogen-bond donors (Lipinski definition) is 2. The van der Waals surface area contributed by atoms with Crippen molar-refractivity contribution >= 4 is 23.0 Å². The first-order valence-corrected chi connectivity index (χ1v) is 9.12. The van der Waals surface area contributed by atoms with E-state index in [2.05, 4.69) is 10.6 Å². The molecule has 0 spiro atoms. The van der Waals surface area contributed by atoms with Crippen LogP contribution in [-0.4, -0.2) is 19.1 Å². The van der Waals surface area contributed by atoms with Crippen molar-refractivity contribution in [3.8, 4) is 5.75 Å². The Morgan fingerprint density at radius 2 is 1.90 bits per heavy atom. The first kappa shape index (κ1) is 18.6. The number of carbonyl (C=O) groups excluding carboxylic acids is 2. The Bertz CT molecular complexity index is 1060. The number of methoxy groups -OCH3 is 1. The number of ether oxygens (including phenoxy) is 2. The van der Waals surface area contributed by atoms with Crippen LogP contribution in [-0.2, 0) is 16.1 Å². The second-order valence-corrected chi connectivity index (χ2v) is 6.68. The van der Waals surface area contributed by atoms with Crippen molar-refractivity contribution in [2.24, 2.45) is 0 Å². The molecule has 4 rings (SSSR count). The quantitative estimate of drug-likeness (QED) is 0.645. The van der Waals surface area contributed by atoms with Crippen LogP contribution in [0.3, 0.4) is 0 Å². The molecule has 29 heavy (non-hydrogen) atoms. The maximum atomic E-state index is 12.9. The molecule has 7 nitrogen and oxygen atoms in total. The Balaban J connectivity index is 1.58. The maximum absolute atomic E-state index is 12.9. The molecule has 1 aliphatic heterocycles. The number of hydrogen-bond acceptors (Lipinski definition) is 5. The topological polar surface area (TPSA) is 89.8 Å². The number of nitrogens with one attached hydrogen (secondary N) is 2. The van der Waals surface area contributed by atoms with E-state index in [4.69, 9.17) is 13.9 Å². The molecule has 148 valence electrons. The summed E-state index contributed by atoms with van der Waals surface area (Å²) in [6.45, 7) is 1.76. The number of furan rings is 1. The Morgan fingerprint density at radius 3 is 2.62 bits per heavy atom. The lowest BCUT2D eigenvalue weighted by Gasteiger charge is -2.26. The number of rotatable bonds is 5. The minimum atomic E-state index is -0.737. The van der Waals surface area contributed by atoms with Gasteiger partial charge in [0, 0.05) is 11.1 Å². The zero-order valence-corrected chi connectivity index (χ0v) is 16.0. The summed E-state index contributed by atoms with van der Waals surface area (Å²) in [5.41, 5.74) is 2.24. The monoisotopic (exact) mass is 392 g/mol. The molecule has 0 saturated carbocycles. The van der Waals surface area contributed by atoms with Crippen LogP contribution >= 0.6 is 0 Å². The fourth-order valence-corrected chi connectivity index (χ4v) is 3.27. The molecule has 0 aliphatic carbocycles. The minimum absolute atomic E-state index is 0.0976. The molecule has 0 saturated heterocycles. The SMILES string of the molecule is COc1ccc(COC(=O)C2=C(C)NC(=O)NC2c2cc3ccccc3o2)cc1. The van der Waals surface area contributed by atoms with E-state index >= 15 is 0 Å². The van der Waals surface area contributed by atoms with Gasteiger partial charge in [0.15, 0.2) is 0 Å². The number of para-hydroxylation sites is 1. The normalized spacial score (nSPS) is 16.3. The molecule has 0 fully saturated rings. The number of esters is 1. The van der Waals surface area contributed by atoms with Crippen molar-refractivity contribution in [2.45, 2.75) is 19.6 Å². The summed E-state index contributed by atoms with van der Waals surface area (Å²) >= 11 is 0. The standard InChI is InChI=1S/C22H20N2O5/c1-13-19(21(25)28-12-14-7-9-16(27-2)10-8-14)20(24-22(26)23-13)18-11-15-5-3-4-6-17(15)29-18/h3-11,20H,12H2,1-2H3,(H2,23,24,26). The molecule has 2 amide bonds. The van der Waals surface area contributed by atoms with E-state index in [1.807, 2.05) is 42.5 Å². The van der Waals surface area contributed by atoms with Crippen LogP contribution in [0.2, 0.25) is 0 Å². The van der Waals surface area contributed by atoms with E-state index in [1.54, 1.807) is 26.2 Å². The van der Waals surface area contributed by atoms with Crippen LogP contribution in [0, 0.1) is 0 Å². The van der Waals surface area contributed by atoms with Crippen LogP contribution in [0.4, 0.5) is 4.79 Å². The van der Waals surface area contributed by atoms with Gasteiger partial charge in [0.25, 0.3) is 0 Å². The average Bonchev–Trinajstić information content (AvgIpc) is 3.16. The zero-order chi connectivity index (χ0) is 20.4. The second-order valence-electron chi connectivity index (χ2n) is 6.68.